The second kappa shape index (κ2) is 6.19. The van der Waals surface area contributed by atoms with Gasteiger partial charge in [0.25, 0.3) is 0 Å². The third-order valence-electron chi connectivity index (χ3n) is 3.26. The van der Waals surface area contributed by atoms with Crippen LogP contribution in [0, 0.1) is 0 Å². The zero-order chi connectivity index (χ0) is 13.7. The first-order chi connectivity index (χ1) is 9.22. The van der Waals surface area contributed by atoms with Crippen molar-refractivity contribution in [1.29, 1.82) is 0 Å². The predicted molar refractivity (Wildman–Crippen MR) is 76.8 cm³/mol. The number of benzene rings is 2. The van der Waals surface area contributed by atoms with Gasteiger partial charge in [-0.05, 0) is 17.5 Å². The zero-order valence-electron chi connectivity index (χ0n) is 11.3. The Kier molecular flexibility index (Phi) is 4.35. The Morgan fingerprint density at radius 3 is 2.37 bits per heavy atom. The monoisotopic (exact) mass is 254 g/mol. The highest BCUT2D eigenvalue weighted by atomic mass is 16.5. The molecule has 2 nitrogen and oxygen atoms in total. The molecule has 0 amide bonds. The van der Waals surface area contributed by atoms with E-state index in [2.05, 4.69) is 6.92 Å². The fourth-order valence-corrected chi connectivity index (χ4v) is 2.20. The van der Waals surface area contributed by atoms with Crippen LogP contribution in [0.15, 0.2) is 54.6 Å². The van der Waals surface area contributed by atoms with Gasteiger partial charge in [0.2, 0.25) is 0 Å². The van der Waals surface area contributed by atoms with Crippen LogP contribution in [0.4, 0.5) is 0 Å². The Bertz CT molecular complexity index is 546. The molecule has 0 N–H and O–H groups in total. The van der Waals surface area contributed by atoms with E-state index in [1.54, 1.807) is 7.11 Å². The smallest absolute Gasteiger partial charge is 0.163 e. The second-order valence-corrected chi connectivity index (χ2v) is 4.64. The third-order valence-corrected chi connectivity index (χ3v) is 3.26. The lowest BCUT2D eigenvalue weighted by Crippen LogP contribution is -2.06. The van der Waals surface area contributed by atoms with Crippen molar-refractivity contribution in [3.8, 4) is 5.75 Å². The van der Waals surface area contributed by atoms with Gasteiger partial charge in [-0.3, -0.25) is 4.79 Å². The molecule has 2 aromatic carbocycles. The lowest BCUT2D eigenvalue weighted by molar-refractivity contribution is 0.0975. The Morgan fingerprint density at radius 1 is 1.05 bits per heavy atom. The lowest BCUT2D eigenvalue weighted by Gasteiger charge is -2.14. The van der Waals surface area contributed by atoms with Gasteiger partial charge in [0, 0.05) is 12.0 Å². The van der Waals surface area contributed by atoms with Gasteiger partial charge in [-0.15, -0.1) is 0 Å². The second-order valence-electron chi connectivity index (χ2n) is 4.64. The first-order valence-corrected chi connectivity index (χ1v) is 6.43. The van der Waals surface area contributed by atoms with Crippen LogP contribution < -0.4 is 4.74 Å². The summed E-state index contributed by atoms with van der Waals surface area (Å²) in [5.74, 6) is 1.15. The van der Waals surface area contributed by atoms with Crippen LogP contribution in [-0.4, -0.2) is 12.9 Å². The average Bonchev–Trinajstić information content (AvgIpc) is 2.48. The molecule has 2 rings (SSSR count). The lowest BCUT2D eigenvalue weighted by atomic mass is 9.92. The van der Waals surface area contributed by atoms with Crippen molar-refractivity contribution in [2.45, 2.75) is 19.3 Å². The molecular formula is C17H18O2. The molecule has 0 saturated carbocycles. The molecule has 0 aliphatic heterocycles. The molecule has 0 saturated heterocycles. The molecule has 0 unspecified atom stereocenters. The maximum atomic E-state index is 12.2. The summed E-state index contributed by atoms with van der Waals surface area (Å²) in [7, 11) is 1.66. The fraction of sp³-hybridized carbons (Fsp3) is 0.235. The minimum absolute atomic E-state index is 0.142. The van der Waals surface area contributed by atoms with E-state index in [1.165, 1.54) is 0 Å². The molecule has 0 spiro atoms. The maximum absolute atomic E-state index is 12.2. The maximum Gasteiger partial charge on any atom is 0.163 e. The van der Waals surface area contributed by atoms with Crippen LogP contribution >= 0.6 is 0 Å². The topological polar surface area (TPSA) is 26.3 Å². The molecule has 0 aliphatic carbocycles. The Balaban J connectivity index is 2.13. The quantitative estimate of drug-likeness (QED) is 0.752. The summed E-state index contributed by atoms with van der Waals surface area (Å²) < 4.78 is 5.34. The molecule has 0 heterocycles. The number of para-hydroxylation sites is 1. The molecule has 0 radical (unpaired) electrons. The largest absolute Gasteiger partial charge is 0.496 e. The number of carbonyl (C=O) groups is 1. The highest BCUT2D eigenvalue weighted by Gasteiger charge is 2.15. The third kappa shape index (κ3) is 3.22. The molecule has 0 bridgehead atoms. The van der Waals surface area contributed by atoms with Crippen LogP contribution in [0.1, 0.15) is 35.2 Å². The van der Waals surface area contributed by atoms with Gasteiger partial charge in [-0.25, -0.2) is 0 Å². The van der Waals surface area contributed by atoms with Crippen LogP contribution in [0.25, 0.3) is 0 Å². The van der Waals surface area contributed by atoms with Crippen molar-refractivity contribution >= 4 is 5.78 Å². The van der Waals surface area contributed by atoms with Crippen LogP contribution in [-0.2, 0) is 0 Å². The van der Waals surface area contributed by atoms with Crippen molar-refractivity contribution in [1.82, 2.24) is 0 Å². The number of methoxy groups -OCH3 is 1. The standard InChI is InChI=1S/C17H18O2/c1-13(15-10-6-7-11-17(15)19-2)12-16(18)14-8-4-3-5-9-14/h3-11,13H,12H2,1-2H3/t13-/m0/s1. The van der Waals surface area contributed by atoms with Crippen LogP contribution in [0.5, 0.6) is 5.75 Å². The Labute approximate surface area is 114 Å². The normalized spacial score (nSPS) is 11.9. The number of carbonyl (C=O) groups excluding carboxylic acids is 1. The van der Waals surface area contributed by atoms with Crippen LogP contribution in [0.3, 0.4) is 0 Å². The molecule has 2 aromatic rings. The van der Waals surface area contributed by atoms with Crippen molar-refractivity contribution in [2.75, 3.05) is 7.11 Å². The minimum Gasteiger partial charge on any atom is -0.496 e. The van der Waals surface area contributed by atoms with E-state index < -0.39 is 0 Å². The van der Waals surface area contributed by atoms with Crippen molar-refractivity contribution in [2.24, 2.45) is 0 Å². The Hall–Kier alpha value is -2.09. The van der Waals surface area contributed by atoms with Gasteiger partial charge in [0.1, 0.15) is 5.75 Å². The molecular weight excluding hydrogens is 236 g/mol. The van der Waals surface area contributed by atoms with Gasteiger partial charge in [-0.1, -0.05) is 55.5 Å². The summed E-state index contributed by atoms with van der Waals surface area (Å²) in [6, 6.07) is 17.3. The summed E-state index contributed by atoms with van der Waals surface area (Å²) >= 11 is 0. The summed E-state index contributed by atoms with van der Waals surface area (Å²) in [4.78, 5) is 12.2. The molecule has 0 fully saturated rings. The molecule has 2 heteroatoms. The van der Waals surface area contributed by atoms with E-state index >= 15 is 0 Å². The SMILES string of the molecule is COc1ccccc1[C@@H](C)CC(=O)c1ccccc1. The van der Waals surface area contributed by atoms with Crippen molar-refractivity contribution < 1.29 is 9.53 Å². The highest BCUT2D eigenvalue weighted by molar-refractivity contribution is 5.96. The van der Waals surface area contributed by atoms with E-state index in [-0.39, 0.29) is 11.7 Å². The minimum atomic E-state index is 0.142. The number of hydrogen-bond acceptors (Lipinski definition) is 2. The summed E-state index contributed by atoms with van der Waals surface area (Å²) in [6.45, 7) is 2.05. The van der Waals surface area contributed by atoms with E-state index in [9.17, 15) is 4.79 Å². The number of ketones is 1. The van der Waals surface area contributed by atoms with E-state index in [4.69, 9.17) is 4.74 Å². The molecule has 98 valence electrons. The summed E-state index contributed by atoms with van der Waals surface area (Å²) in [6.07, 6.45) is 0.490. The van der Waals surface area contributed by atoms with Gasteiger partial charge in [-0.2, -0.15) is 0 Å². The van der Waals surface area contributed by atoms with Crippen molar-refractivity contribution in [3.63, 3.8) is 0 Å². The number of hydrogen-bond donors (Lipinski definition) is 0. The van der Waals surface area contributed by atoms with Gasteiger partial charge in [0.15, 0.2) is 5.78 Å². The van der Waals surface area contributed by atoms with E-state index in [0.29, 0.717) is 6.42 Å². The molecule has 19 heavy (non-hydrogen) atoms. The number of Topliss-reactive ketones (excluding diaryl/α,β-unsaturated/α-hetero) is 1. The molecule has 1 atom stereocenters. The number of rotatable bonds is 5. The van der Waals surface area contributed by atoms with Crippen LogP contribution in [0.2, 0.25) is 0 Å². The number of ether oxygens (including phenoxy) is 1. The summed E-state index contributed by atoms with van der Waals surface area (Å²) in [5, 5.41) is 0. The van der Waals surface area contributed by atoms with E-state index in [1.807, 2.05) is 54.6 Å². The first kappa shape index (κ1) is 13.3. The molecule has 0 aliphatic rings. The van der Waals surface area contributed by atoms with Gasteiger partial charge < -0.3 is 4.74 Å². The highest BCUT2D eigenvalue weighted by Crippen LogP contribution is 2.29. The molecule has 0 aromatic heterocycles. The van der Waals surface area contributed by atoms with E-state index in [0.717, 1.165) is 16.9 Å². The summed E-state index contributed by atoms with van der Waals surface area (Å²) in [5.41, 5.74) is 1.85. The first-order valence-electron chi connectivity index (χ1n) is 6.43. The van der Waals surface area contributed by atoms with Crippen molar-refractivity contribution in [3.05, 3.63) is 65.7 Å². The Morgan fingerprint density at radius 2 is 1.68 bits per heavy atom. The zero-order valence-corrected chi connectivity index (χ0v) is 11.3. The fourth-order valence-electron chi connectivity index (χ4n) is 2.20. The van der Waals surface area contributed by atoms with Gasteiger partial charge in [0.05, 0.1) is 7.11 Å². The van der Waals surface area contributed by atoms with Gasteiger partial charge >= 0.3 is 0 Å². The predicted octanol–water partition coefficient (Wildman–Crippen LogP) is 4.07. The average molecular weight is 254 g/mol.